The molecule has 77 valence electrons. The maximum Gasteiger partial charge on any atom is 0.0518 e. The maximum atomic E-state index is 3.35. The van der Waals surface area contributed by atoms with Gasteiger partial charge in [0.05, 0.1) is 6.17 Å². The first-order chi connectivity index (χ1) is 4.29. The Labute approximate surface area is 64.4 Å². The summed E-state index contributed by atoms with van der Waals surface area (Å²) in [6, 6.07) is 0. The van der Waals surface area contributed by atoms with Gasteiger partial charge in [-0.05, 0) is 13.5 Å². The normalized spacial score (nSPS) is 26.2. The van der Waals surface area contributed by atoms with Crippen LogP contribution in [0.4, 0.5) is 0 Å². The molecule has 11 heavy (non-hydrogen) atoms. The fraction of sp³-hybridized carbons (Fsp3) is 0.750. The summed E-state index contributed by atoms with van der Waals surface area (Å²) in [6.45, 7) is 6.56. The summed E-state index contributed by atoms with van der Waals surface area (Å²) in [4.78, 5) is 0. The Morgan fingerprint density at radius 1 is 1.36 bits per heavy atom. The second kappa shape index (κ2) is 5.69. The molecule has 0 bridgehead atoms. The third-order valence-corrected chi connectivity index (χ3v) is 1.71. The van der Waals surface area contributed by atoms with Crippen molar-refractivity contribution in [2.24, 2.45) is 0 Å². The van der Waals surface area contributed by atoms with E-state index in [0.717, 1.165) is 13.1 Å². The Kier molecular flexibility index (Phi) is 6.50. The minimum absolute atomic E-state index is 0. The van der Waals surface area contributed by atoms with Gasteiger partial charge in [-0.1, -0.05) is 0 Å². The molecule has 0 saturated carbocycles. The molecule has 0 spiro atoms. The van der Waals surface area contributed by atoms with Crippen LogP contribution in [0.5, 0.6) is 0 Å². The Morgan fingerprint density at radius 3 is 2.64 bits per heavy atom. The van der Waals surface area contributed by atoms with Crippen molar-refractivity contribution < 1.29 is 0 Å². The van der Waals surface area contributed by atoms with Gasteiger partial charge in [-0.3, -0.25) is 0 Å². The standard InChI is InChI=1S/C7H15N2.CH3.Lr/c1-6-3-4-8-7(2)9-5-6;;/h7-9H,3-5H2,1-2H3;1H3;/q2*-1;. The molecule has 1 atom stereocenters. The second-order valence-corrected chi connectivity index (χ2v) is 2.76. The molecule has 0 aliphatic carbocycles. The topological polar surface area (TPSA) is 24.1 Å². The number of nitrogens with one attached hydrogen (secondary N) is 2. The molecule has 1 aliphatic heterocycles. The molecular formula is C8H18LrN2-2. The van der Waals surface area contributed by atoms with Crippen LogP contribution in [-0.2, 0) is 0 Å². The molecule has 0 aromatic carbocycles. The van der Waals surface area contributed by atoms with E-state index in [1.54, 1.807) is 5.92 Å². The molecule has 1 unspecified atom stereocenters. The van der Waals surface area contributed by atoms with Crippen molar-refractivity contribution in [3.05, 3.63) is 13.3 Å². The fourth-order valence-electron chi connectivity index (χ4n) is 0.990. The van der Waals surface area contributed by atoms with E-state index in [-0.39, 0.29) is 7.43 Å². The Hall–Kier alpha value is -1.08. The molecule has 1 aliphatic rings. The van der Waals surface area contributed by atoms with Crippen molar-refractivity contribution in [2.75, 3.05) is 13.1 Å². The van der Waals surface area contributed by atoms with Crippen molar-refractivity contribution in [1.82, 2.24) is 10.6 Å². The third-order valence-electron chi connectivity index (χ3n) is 1.71. The van der Waals surface area contributed by atoms with Gasteiger partial charge in [0.25, 0.3) is 0 Å². The molecule has 1 saturated heterocycles. The minimum Gasteiger partial charge on any atom is -0.358 e. The van der Waals surface area contributed by atoms with Crippen LogP contribution in [0, 0.1) is 13.3 Å². The van der Waals surface area contributed by atoms with Gasteiger partial charge in [-0.25, -0.2) is 0 Å². The van der Waals surface area contributed by atoms with Gasteiger partial charge in [0.1, 0.15) is 0 Å². The first-order valence-electron chi connectivity index (χ1n) is 3.57. The summed E-state index contributed by atoms with van der Waals surface area (Å²) < 4.78 is 0. The van der Waals surface area contributed by atoms with Crippen LogP contribution >= 0.6 is 0 Å². The molecule has 0 aromatic heterocycles. The molecule has 2 N–H and O–H groups in total. The molecule has 1 fully saturated rings. The van der Waals surface area contributed by atoms with E-state index in [4.69, 9.17) is 0 Å². The summed E-state index contributed by atoms with van der Waals surface area (Å²) in [5.41, 5.74) is 0. The number of hydrogen-bond donors (Lipinski definition) is 2. The molecule has 1 rings (SSSR count). The molecule has 0 amide bonds. The first kappa shape index (κ1) is 12.6. The second-order valence-electron chi connectivity index (χ2n) is 2.76. The number of rotatable bonds is 0. The summed E-state index contributed by atoms with van der Waals surface area (Å²) >= 11 is 0. The smallest absolute Gasteiger partial charge is 0.0518 e. The van der Waals surface area contributed by atoms with Crippen LogP contribution in [0.3, 0.4) is 0 Å². The summed E-state index contributed by atoms with van der Waals surface area (Å²) in [5.74, 6) is 1.55. The van der Waals surface area contributed by atoms with Gasteiger partial charge in [-0.2, -0.15) is 13.3 Å². The van der Waals surface area contributed by atoms with E-state index in [0.29, 0.717) is 6.17 Å². The van der Waals surface area contributed by atoms with E-state index >= 15 is 0 Å². The molecule has 1 heterocycles. The largest absolute Gasteiger partial charge is 0.358 e. The molecule has 2 nitrogen and oxygen atoms in total. The zero-order valence-electron chi connectivity index (χ0n) is 7.46. The number of hydrogen-bond acceptors (Lipinski definition) is 2. The summed E-state index contributed by atoms with van der Waals surface area (Å²) in [7, 11) is 0. The summed E-state index contributed by atoms with van der Waals surface area (Å²) in [5, 5.41) is 6.69. The third kappa shape index (κ3) is 4.34. The van der Waals surface area contributed by atoms with Crippen molar-refractivity contribution in [3.63, 3.8) is 0 Å². The van der Waals surface area contributed by atoms with Crippen molar-refractivity contribution in [1.29, 1.82) is 0 Å². The predicted molar refractivity (Wildman–Crippen MR) is 45.4 cm³/mol. The van der Waals surface area contributed by atoms with E-state index in [2.05, 4.69) is 24.5 Å². The van der Waals surface area contributed by atoms with Crippen LogP contribution in [0.15, 0.2) is 0 Å². The predicted octanol–water partition coefficient (Wildman–Crippen LogP) is 0.960. The van der Waals surface area contributed by atoms with Gasteiger partial charge < -0.3 is 24.0 Å². The van der Waals surface area contributed by atoms with Gasteiger partial charge in [0.15, 0.2) is 0 Å². The Balaban J connectivity index is 0. The van der Waals surface area contributed by atoms with Gasteiger partial charge in [0, 0.05) is 0 Å². The SMILES string of the molecule is C[C-]1CCNC(C)NC1.[CH3-].[Lr]. The van der Waals surface area contributed by atoms with Crippen LogP contribution in [0.2, 0.25) is 0 Å². The van der Waals surface area contributed by atoms with Gasteiger partial charge in [0.2, 0.25) is 0 Å². The van der Waals surface area contributed by atoms with E-state index in [1.165, 1.54) is 6.42 Å². The monoisotopic (exact) mass is 404 g/mol. The Bertz CT molecular complexity index is 78.2. The molecular weight excluding hydrogens is 386 g/mol. The quantitative estimate of drug-likeness (QED) is 0.588. The zero-order valence-corrected chi connectivity index (χ0v) is 9.61. The van der Waals surface area contributed by atoms with Gasteiger partial charge in [-0.15, -0.1) is 6.54 Å². The van der Waals surface area contributed by atoms with Crippen molar-refractivity contribution in [2.45, 2.75) is 26.4 Å². The van der Waals surface area contributed by atoms with Crippen LogP contribution in [0.1, 0.15) is 20.3 Å². The van der Waals surface area contributed by atoms with Gasteiger partial charge >= 0.3 is 0 Å². The molecule has 1 radical (unpaired) electrons. The van der Waals surface area contributed by atoms with Crippen molar-refractivity contribution >= 4 is 0 Å². The van der Waals surface area contributed by atoms with Crippen LogP contribution in [-0.4, -0.2) is 19.3 Å². The van der Waals surface area contributed by atoms with Crippen LogP contribution < -0.4 is 10.6 Å². The maximum absolute atomic E-state index is 3.35. The minimum atomic E-state index is 0. The van der Waals surface area contributed by atoms with E-state index < -0.39 is 0 Å². The molecule has 0 aromatic rings. The van der Waals surface area contributed by atoms with Crippen LogP contribution in [0.25, 0.3) is 0 Å². The van der Waals surface area contributed by atoms with Crippen molar-refractivity contribution in [3.8, 4) is 0 Å². The summed E-state index contributed by atoms with van der Waals surface area (Å²) in [6.07, 6.45) is 1.71. The zero-order chi connectivity index (χ0) is 6.69. The first-order valence-corrected chi connectivity index (χ1v) is 3.57. The van der Waals surface area contributed by atoms with E-state index in [1.807, 2.05) is 0 Å². The van der Waals surface area contributed by atoms with E-state index in [9.17, 15) is 0 Å². The Morgan fingerprint density at radius 2 is 2.00 bits per heavy atom. The molecule has 3 heteroatoms. The average molecular weight is 404 g/mol. The fourth-order valence-corrected chi connectivity index (χ4v) is 0.990. The average Bonchev–Trinajstić information content (AvgIpc) is 1.97.